The van der Waals surface area contributed by atoms with Gasteiger partial charge in [-0.25, -0.2) is 8.42 Å². The second-order valence-electron chi connectivity index (χ2n) is 7.33. The van der Waals surface area contributed by atoms with Crippen molar-refractivity contribution in [2.24, 2.45) is 0 Å². The van der Waals surface area contributed by atoms with Gasteiger partial charge in [-0.2, -0.15) is 9.61 Å². The molecule has 0 radical (unpaired) electrons. The molecule has 2 aromatic carbocycles. The first-order valence-corrected chi connectivity index (χ1v) is 11.4. The molecule has 8 nitrogen and oxygen atoms in total. The van der Waals surface area contributed by atoms with Crippen LogP contribution in [0.15, 0.2) is 65.8 Å². The number of rotatable bonds is 7. The second kappa shape index (κ2) is 8.35. The van der Waals surface area contributed by atoms with E-state index in [4.69, 9.17) is 4.74 Å². The quantitative estimate of drug-likeness (QED) is 0.467. The van der Waals surface area contributed by atoms with Crippen LogP contribution in [0.2, 0.25) is 0 Å². The van der Waals surface area contributed by atoms with Crippen molar-refractivity contribution in [2.75, 3.05) is 11.3 Å². The number of fused-ring (bicyclic) bond motifs is 1. The highest BCUT2D eigenvalue weighted by Gasteiger charge is 2.21. The van der Waals surface area contributed by atoms with E-state index in [-0.39, 0.29) is 10.8 Å². The average molecular weight is 438 g/mol. The Morgan fingerprint density at radius 3 is 2.71 bits per heavy atom. The summed E-state index contributed by atoms with van der Waals surface area (Å²) in [5.74, 6) is 0.516. The van der Waals surface area contributed by atoms with Crippen LogP contribution in [0.3, 0.4) is 0 Å². The SMILES string of the molecule is CCOc1ccc(C(C)C)cc1S(=O)(=O)Nc1cccc(-c2ccc3nncn3n2)c1. The normalized spacial score (nSPS) is 11.7. The van der Waals surface area contributed by atoms with Crippen molar-refractivity contribution in [3.63, 3.8) is 0 Å². The van der Waals surface area contributed by atoms with E-state index in [9.17, 15) is 8.42 Å². The second-order valence-corrected chi connectivity index (χ2v) is 8.98. The number of anilines is 1. The Morgan fingerprint density at radius 2 is 1.94 bits per heavy atom. The molecular formula is C22H23N5O3S. The van der Waals surface area contributed by atoms with E-state index < -0.39 is 10.0 Å². The minimum Gasteiger partial charge on any atom is -0.492 e. The third kappa shape index (κ3) is 4.36. The Kier molecular flexibility index (Phi) is 5.60. The molecule has 0 fully saturated rings. The van der Waals surface area contributed by atoms with Crippen LogP contribution >= 0.6 is 0 Å². The summed E-state index contributed by atoms with van der Waals surface area (Å²) in [6.45, 7) is 6.23. The molecule has 4 aromatic rings. The smallest absolute Gasteiger partial charge is 0.265 e. The summed E-state index contributed by atoms with van der Waals surface area (Å²) < 4.78 is 36.3. The van der Waals surface area contributed by atoms with Gasteiger partial charge < -0.3 is 4.74 Å². The third-order valence-electron chi connectivity index (χ3n) is 4.80. The lowest BCUT2D eigenvalue weighted by Crippen LogP contribution is -2.15. The van der Waals surface area contributed by atoms with Crippen molar-refractivity contribution in [3.8, 4) is 17.0 Å². The average Bonchev–Trinajstić information content (AvgIpc) is 3.22. The fourth-order valence-corrected chi connectivity index (χ4v) is 4.43. The highest BCUT2D eigenvalue weighted by Crippen LogP contribution is 2.30. The first-order valence-electron chi connectivity index (χ1n) is 9.94. The Bertz CT molecular complexity index is 1330. The Labute approximate surface area is 181 Å². The Balaban J connectivity index is 1.69. The van der Waals surface area contributed by atoms with Crippen molar-refractivity contribution < 1.29 is 13.2 Å². The van der Waals surface area contributed by atoms with E-state index in [1.807, 2.05) is 39.0 Å². The maximum atomic E-state index is 13.2. The van der Waals surface area contributed by atoms with Crippen molar-refractivity contribution in [2.45, 2.75) is 31.6 Å². The molecule has 2 heterocycles. The highest BCUT2D eigenvalue weighted by molar-refractivity contribution is 7.92. The predicted octanol–water partition coefficient (Wildman–Crippen LogP) is 4.11. The van der Waals surface area contributed by atoms with Crippen molar-refractivity contribution in [3.05, 3.63) is 66.5 Å². The van der Waals surface area contributed by atoms with E-state index in [1.54, 1.807) is 40.9 Å². The van der Waals surface area contributed by atoms with Crippen LogP contribution in [-0.4, -0.2) is 34.8 Å². The summed E-state index contributed by atoms with van der Waals surface area (Å²) in [5, 5.41) is 12.2. The number of aromatic nitrogens is 4. The first-order chi connectivity index (χ1) is 14.9. The maximum absolute atomic E-state index is 13.2. The van der Waals surface area contributed by atoms with Gasteiger partial charge in [-0.1, -0.05) is 32.0 Å². The van der Waals surface area contributed by atoms with E-state index in [2.05, 4.69) is 20.0 Å². The first kappa shape index (κ1) is 20.8. The topological polar surface area (TPSA) is 98.5 Å². The molecule has 0 aliphatic rings. The number of nitrogens with zero attached hydrogens (tertiary/aromatic N) is 4. The van der Waals surface area contributed by atoms with Crippen molar-refractivity contribution in [1.29, 1.82) is 0 Å². The standard InChI is InChI=1S/C22H23N5O3S/c1-4-30-20-10-8-16(15(2)3)13-21(20)31(28,29)26-18-7-5-6-17(12-18)19-9-11-22-24-23-14-27(22)25-19/h5-15,26H,4H2,1-3H3. The number of benzene rings is 2. The van der Waals surface area contributed by atoms with Gasteiger partial charge in [0.1, 0.15) is 17.0 Å². The monoisotopic (exact) mass is 437 g/mol. The molecule has 0 saturated carbocycles. The van der Waals surface area contributed by atoms with Crippen LogP contribution < -0.4 is 9.46 Å². The minimum absolute atomic E-state index is 0.120. The lowest BCUT2D eigenvalue weighted by Gasteiger charge is -2.15. The van der Waals surface area contributed by atoms with Crippen LogP contribution in [0.5, 0.6) is 5.75 Å². The molecule has 0 saturated heterocycles. The summed E-state index contributed by atoms with van der Waals surface area (Å²) in [5.41, 5.74) is 3.42. The molecule has 31 heavy (non-hydrogen) atoms. The molecule has 0 spiro atoms. The molecule has 0 unspecified atom stereocenters. The lowest BCUT2D eigenvalue weighted by atomic mass is 10.0. The van der Waals surface area contributed by atoms with Gasteiger partial charge in [0, 0.05) is 11.3 Å². The number of ether oxygens (including phenoxy) is 1. The molecular weight excluding hydrogens is 414 g/mol. The van der Waals surface area contributed by atoms with Gasteiger partial charge in [0.15, 0.2) is 5.65 Å². The van der Waals surface area contributed by atoms with Gasteiger partial charge in [-0.15, -0.1) is 10.2 Å². The number of sulfonamides is 1. The van der Waals surface area contributed by atoms with Crippen LogP contribution in [0.25, 0.3) is 16.9 Å². The summed E-state index contributed by atoms with van der Waals surface area (Å²) in [6.07, 6.45) is 1.52. The lowest BCUT2D eigenvalue weighted by molar-refractivity contribution is 0.331. The predicted molar refractivity (Wildman–Crippen MR) is 119 cm³/mol. The molecule has 2 aromatic heterocycles. The maximum Gasteiger partial charge on any atom is 0.265 e. The Hall–Kier alpha value is -3.46. The summed E-state index contributed by atoms with van der Waals surface area (Å²) >= 11 is 0. The van der Waals surface area contributed by atoms with Crippen LogP contribution in [0, 0.1) is 0 Å². The molecule has 0 amide bonds. The van der Waals surface area contributed by atoms with E-state index >= 15 is 0 Å². The zero-order chi connectivity index (χ0) is 22.0. The van der Waals surface area contributed by atoms with Gasteiger partial charge in [0.2, 0.25) is 0 Å². The Morgan fingerprint density at radius 1 is 1.10 bits per heavy atom. The minimum atomic E-state index is -3.87. The fraction of sp³-hybridized carbons (Fsp3) is 0.227. The molecule has 0 bridgehead atoms. The molecule has 1 N–H and O–H groups in total. The summed E-state index contributed by atoms with van der Waals surface area (Å²) in [7, 11) is -3.87. The number of nitrogens with one attached hydrogen (secondary N) is 1. The summed E-state index contributed by atoms with van der Waals surface area (Å²) in [6, 6.07) is 16.0. The van der Waals surface area contributed by atoms with Gasteiger partial charge in [0.05, 0.1) is 12.3 Å². The van der Waals surface area contributed by atoms with Crippen molar-refractivity contribution >= 4 is 21.4 Å². The van der Waals surface area contributed by atoms with Crippen LogP contribution in [-0.2, 0) is 10.0 Å². The highest BCUT2D eigenvalue weighted by atomic mass is 32.2. The zero-order valence-corrected chi connectivity index (χ0v) is 18.3. The number of hydrogen-bond donors (Lipinski definition) is 1. The largest absolute Gasteiger partial charge is 0.492 e. The molecule has 4 rings (SSSR count). The van der Waals surface area contributed by atoms with E-state index in [0.29, 0.717) is 29.4 Å². The zero-order valence-electron chi connectivity index (χ0n) is 17.5. The van der Waals surface area contributed by atoms with E-state index in [0.717, 1.165) is 11.1 Å². The van der Waals surface area contributed by atoms with Crippen LogP contribution in [0.1, 0.15) is 32.3 Å². The van der Waals surface area contributed by atoms with Crippen LogP contribution in [0.4, 0.5) is 5.69 Å². The number of hydrogen-bond acceptors (Lipinski definition) is 6. The third-order valence-corrected chi connectivity index (χ3v) is 6.20. The van der Waals surface area contributed by atoms with Gasteiger partial charge in [-0.3, -0.25) is 4.72 Å². The molecule has 0 atom stereocenters. The van der Waals surface area contributed by atoms with Gasteiger partial charge >= 0.3 is 0 Å². The van der Waals surface area contributed by atoms with E-state index in [1.165, 1.54) is 6.33 Å². The molecule has 160 valence electrons. The molecule has 0 aliphatic carbocycles. The van der Waals surface area contributed by atoms with Crippen molar-refractivity contribution in [1.82, 2.24) is 19.8 Å². The molecule has 0 aliphatic heterocycles. The summed E-state index contributed by atoms with van der Waals surface area (Å²) in [4.78, 5) is 0.120. The molecule has 9 heteroatoms. The van der Waals surface area contributed by atoms with Gasteiger partial charge in [-0.05, 0) is 54.8 Å². The fourth-order valence-electron chi connectivity index (χ4n) is 3.20. The van der Waals surface area contributed by atoms with Gasteiger partial charge in [0.25, 0.3) is 10.0 Å².